The molecule has 0 spiro atoms. The molecule has 0 saturated carbocycles. The van der Waals surface area contributed by atoms with Gasteiger partial charge in [-0.15, -0.1) is 0 Å². The molecule has 4 nitrogen and oxygen atoms in total. The third-order valence-corrected chi connectivity index (χ3v) is 2.58. The van der Waals surface area contributed by atoms with Crippen LogP contribution in [0.3, 0.4) is 0 Å². The van der Waals surface area contributed by atoms with Gasteiger partial charge in [0.2, 0.25) is 0 Å². The van der Waals surface area contributed by atoms with Gasteiger partial charge >= 0.3 is 0 Å². The maximum atomic E-state index is 5.75. The molecule has 0 saturated heterocycles. The maximum Gasteiger partial charge on any atom is 0.181 e. The number of ether oxygens (including phenoxy) is 1. The summed E-state index contributed by atoms with van der Waals surface area (Å²) in [5.74, 6) is 0.730. The molecule has 0 atom stereocenters. The quantitative estimate of drug-likeness (QED) is 0.676. The molecule has 1 aromatic heterocycles. The number of nitrogen functional groups attached to an aromatic ring is 2. The van der Waals surface area contributed by atoms with E-state index in [4.69, 9.17) is 16.2 Å². The number of hydrogen-bond donors (Lipinski definition) is 2. The van der Waals surface area contributed by atoms with Crippen LogP contribution in [0.5, 0.6) is 5.75 Å². The van der Waals surface area contributed by atoms with Crippen molar-refractivity contribution in [3.63, 3.8) is 0 Å². The van der Waals surface area contributed by atoms with E-state index in [9.17, 15) is 0 Å². The average molecular weight is 195 g/mol. The molecule has 2 aromatic rings. The Bertz CT molecular complexity index is 452. The maximum absolute atomic E-state index is 5.75. The van der Waals surface area contributed by atoms with Crippen LogP contribution in [0.15, 0.2) is 12.1 Å². The van der Waals surface area contributed by atoms with Crippen molar-refractivity contribution in [2.45, 2.75) is 0 Å². The molecule has 0 amide bonds. The number of hydrogen-bond acceptors (Lipinski definition) is 5. The molecule has 4 N–H and O–H groups in total. The summed E-state index contributed by atoms with van der Waals surface area (Å²) in [5.41, 5.74) is 12.7. The molecule has 0 aliphatic rings. The SMILES string of the molecule is COc1cc(N)c2nc(N)sc2c1. The second kappa shape index (κ2) is 2.77. The Balaban J connectivity index is 2.75. The van der Waals surface area contributed by atoms with Gasteiger partial charge in [-0.1, -0.05) is 11.3 Å². The summed E-state index contributed by atoms with van der Waals surface area (Å²) in [5, 5.41) is 0.523. The van der Waals surface area contributed by atoms with Gasteiger partial charge in [0.25, 0.3) is 0 Å². The van der Waals surface area contributed by atoms with Crippen molar-refractivity contribution < 1.29 is 4.74 Å². The summed E-state index contributed by atoms with van der Waals surface area (Å²) in [7, 11) is 1.60. The fraction of sp³-hybridized carbons (Fsp3) is 0.125. The lowest BCUT2D eigenvalue weighted by molar-refractivity contribution is 0.415. The van der Waals surface area contributed by atoms with Crippen LogP contribution in [-0.2, 0) is 0 Å². The van der Waals surface area contributed by atoms with Crippen LogP contribution in [0.4, 0.5) is 10.8 Å². The Morgan fingerprint density at radius 2 is 2.15 bits per heavy atom. The van der Waals surface area contributed by atoms with Crippen molar-refractivity contribution >= 4 is 32.4 Å². The van der Waals surface area contributed by atoms with E-state index in [1.807, 2.05) is 6.07 Å². The van der Waals surface area contributed by atoms with E-state index in [0.717, 1.165) is 16.0 Å². The molecule has 1 heterocycles. The number of nitrogens with two attached hydrogens (primary N) is 2. The van der Waals surface area contributed by atoms with E-state index in [1.165, 1.54) is 11.3 Å². The number of anilines is 2. The van der Waals surface area contributed by atoms with Crippen LogP contribution in [0.2, 0.25) is 0 Å². The zero-order chi connectivity index (χ0) is 9.42. The summed E-state index contributed by atoms with van der Waals surface area (Å²) in [6.45, 7) is 0. The van der Waals surface area contributed by atoms with Gasteiger partial charge in [0.1, 0.15) is 11.3 Å². The minimum Gasteiger partial charge on any atom is -0.497 e. The molecular formula is C8H9N3OS. The predicted octanol–water partition coefficient (Wildman–Crippen LogP) is 1.47. The highest BCUT2D eigenvalue weighted by Gasteiger charge is 2.06. The van der Waals surface area contributed by atoms with E-state index in [0.29, 0.717) is 10.8 Å². The molecule has 68 valence electrons. The summed E-state index contributed by atoms with van der Waals surface area (Å²) >= 11 is 1.40. The lowest BCUT2D eigenvalue weighted by Gasteiger charge is -2.00. The summed E-state index contributed by atoms with van der Waals surface area (Å²) in [6.07, 6.45) is 0. The number of benzene rings is 1. The van der Waals surface area contributed by atoms with E-state index in [1.54, 1.807) is 13.2 Å². The van der Waals surface area contributed by atoms with Crippen LogP contribution < -0.4 is 16.2 Å². The largest absolute Gasteiger partial charge is 0.497 e. The number of fused-ring (bicyclic) bond motifs is 1. The molecule has 0 radical (unpaired) electrons. The number of methoxy groups -OCH3 is 1. The second-order valence-electron chi connectivity index (χ2n) is 2.62. The highest BCUT2D eigenvalue weighted by molar-refractivity contribution is 7.22. The zero-order valence-electron chi connectivity index (χ0n) is 7.07. The molecule has 0 unspecified atom stereocenters. The van der Waals surface area contributed by atoms with Crippen molar-refractivity contribution in [2.24, 2.45) is 0 Å². The van der Waals surface area contributed by atoms with Gasteiger partial charge in [0.05, 0.1) is 17.5 Å². The van der Waals surface area contributed by atoms with Crippen LogP contribution in [0, 0.1) is 0 Å². The Kier molecular flexibility index (Phi) is 1.73. The van der Waals surface area contributed by atoms with Gasteiger partial charge in [-0.3, -0.25) is 0 Å². The monoisotopic (exact) mass is 195 g/mol. The Labute approximate surface area is 79.1 Å². The molecular weight excluding hydrogens is 186 g/mol. The molecule has 0 aliphatic heterocycles. The smallest absolute Gasteiger partial charge is 0.181 e. The fourth-order valence-electron chi connectivity index (χ4n) is 1.16. The van der Waals surface area contributed by atoms with Crippen molar-refractivity contribution in [3.05, 3.63) is 12.1 Å². The fourth-order valence-corrected chi connectivity index (χ4v) is 1.96. The van der Waals surface area contributed by atoms with E-state index >= 15 is 0 Å². The summed E-state index contributed by atoms with van der Waals surface area (Å²) in [4.78, 5) is 4.10. The van der Waals surface area contributed by atoms with Gasteiger partial charge in [0, 0.05) is 6.07 Å². The molecule has 2 rings (SSSR count). The average Bonchev–Trinajstić information content (AvgIpc) is 2.46. The van der Waals surface area contributed by atoms with Crippen molar-refractivity contribution in [1.82, 2.24) is 4.98 Å². The van der Waals surface area contributed by atoms with Gasteiger partial charge in [-0.2, -0.15) is 0 Å². The first-order valence-electron chi connectivity index (χ1n) is 3.70. The molecule has 1 aromatic carbocycles. The van der Waals surface area contributed by atoms with Gasteiger partial charge in [-0.05, 0) is 6.07 Å². The molecule has 0 aliphatic carbocycles. The number of aromatic nitrogens is 1. The second-order valence-corrected chi connectivity index (χ2v) is 3.68. The lowest BCUT2D eigenvalue weighted by atomic mass is 10.3. The van der Waals surface area contributed by atoms with Crippen molar-refractivity contribution in [3.8, 4) is 5.75 Å². The molecule has 13 heavy (non-hydrogen) atoms. The van der Waals surface area contributed by atoms with Crippen molar-refractivity contribution in [2.75, 3.05) is 18.6 Å². The zero-order valence-corrected chi connectivity index (χ0v) is 7.89. The topological polar surface area (TPSA) is 74.2 Å². The molecule has 5 heteroatoms. The number of thiazole rings is 1. The Morgan fingerprint density at radius 1 is 1.38 bits per heavy atom. The first-order valence-corrected chi connectivity index (χ1v) is 4.52. The molecule has 0 bridgehead atoms. The minimum atomic E-state index is 0.523. The van der Waals surface area contributed by atoms with E-state index < -0.39 is 0 Å². The Morgan fingerprint density at radius 3 is 2.85 bits per heavy atom. The number of rotatable bonds is 1. The van der Waals surface area contributed by atoms with Crippen LogP contribution >= 0.6 is 11.3 Å². The number of nitrogens with zero attached hydrogens (tertiary/aromatic N) is 1. The first kappa shape index (κ1) is 8.12. The van der Waals surface area contributed by atoms with Crippen molar-refractivity contribution in [1.29, 1.82) is 0 Å². The molecule has 0 fully saturated rings. The van der Waals surface area contributed by atoms with Crippen LogP contribution in [-0.4, -0.2) is 12.1 Å². The standard InChI is InChI=1S/C8H9N3OS/c1-12-4-2-5(9)7-6(3-4)13-8(10)11-7/h2-3H,9H2,1H3,(H2,10,11). The van der Waals surface area contributed by atoms with E-state index in [-0.39, 0.29) is 0 Å². The van der Waals surface area contributed by atoms with Gasteiger partial charge < -0.3 is 16.2 Å². The van der Waals surface area contributed by atoms with Crippen LogP contribution in [0.25, 0.3) is 10.2 Å². The van der Waals surface area contributed by atoms with Crippen LogP contribution in [0.1, 0.15) is 0 Å². The third kappa shape index (κ3) is 1.27. The lowest BCUT2D eigenvalue weighted by Crippen LogP contribution is -1.89. The van der Waals surface area contributed by atoms with Gasteiger partial charge in [0.15, 0.2) is 5.13 Å². The minimum absolute atomic E-state index is 0.523. The predicted molar refractivity (Wildman–Crippen MR) is 55.0 cm³/mol. The first-order chi connectivity index (χ1) is 6.20. The van der Waals surface area contributed by atoms with E-state index in [2.05, 4.69) is 4.98 Å². The van der Waals surface area contributed by atoms with Gasteiger partial charge in [-0.25, -0.2) is 4.98 Å². The highest BCUT2D eigenvalue weighted by atomic mass is 32.1. The normalized spacial score (nSPS) is 10.5. The highest BCUT2D eigenvalue weighted by Crippen LogP contribution is 2.31. The Hall–Kier alpha value is -1.49. The third-order valence-electron chi connectivity index (χ3n) is 1.75. The summed E-state index contributed by atoms with van der Waals surface area (Å²) in [6, 6.07) is 3.61. The summed E-state index contributed by atoms with van der Waals surface area (Å²) < 4.78 is 6.02.